The van der Waals surface area contributed by atoms with E-state index in [-0.39, 0.29) is 11.5 Å². The molecule has 1 heterocycles. The second kappa shape index (κ2) is 6.43. The van der Waals surface area contributed by atoms with Gasteiger partial charge in [-0.3, -0.25) is 4.79 Å². The molecule has 2 nitrogen and oxygen atoms in total. The Morgan fingerprint density at radius 2 is 2.33 bits per heavy atom. The van der Waals surface area contributed by atoms with Gasteiger partial charge in [-0.2, -0.15) is 11.8 Å². The molecule has 1 unspecified atom stereocenters. The summed E-state index contributed by atoms with van der Waals surface area (Å²) in [4.78, 5) is 11.8. The number of benzene rings is 1. The van der Waals surface area contributed by atoms with Gasteiger partial charge in [0, 0.05) is 16.8 Å². The van der Waals surface area contributed by atoms with Crippen LogP contribution < -0.4 is 5.32 Å². The first-order valence-corrected chi connectivity index (χ1v) is 7.44. The summed E-state index contributed by atoms with van der Waals surface area (Å²) < 4.78 is 13.5. The van der Waals surface area contributed by atoms with Crippen molar-refractivity contribution in [2.45, 2.75) is 24.5 Å². The largest absolute Gasteiger partial charge is 0.351 e. The summed E-state index contributed by atoms with van der Waals surface area (Å²) >= 11 is 7.63. The van der Waals surface area contributed by atoms with Gasteiger partial charge < -0.3 is 5.32 Å². The Hall–Kier alpha value is -0.740. The maximum Gasteiger partial charge on any atom is 0.254 e. The fourth-order valence-corrected chi connectivity index (χ4v) is 3.35. The van der Waals surface area contributed by atoms with Crippen LogP contribution in [0.1, 0.15) is 29.6 Å². The Balaban J connectivity index is 1.92. The molecule has 0 saturated carbocycles. The quantitative estimate of drug-likeness (QED) is 0.922. The van der Waals surface area contributed by atoms with Crippen LogP contribution in [0.25, 0.3) is 0 Å². The fourth-order valence-electron chi connectivity index (χ4n) is 1.94. The van der Waals surface area contributed by atoms with Gasteiger partial charge in [0.25, 0.3) is 5.91 Å². The number of thioether (sulfide) groups is 1. The van der Waals surface area contributed by atoms with Gasteiger partial charge in [0.1, 0.15) is 5.82 Å². The molecule has 1 saturated heterocycles. The standard InChI is InChI=1S/C13H15ClFNOS/c14-9-4-5-12(15)11(7-9)13(17)16-8-10-3-1-2-6-18-10/h4-5,7,10H,1-3,6,8H2,(H,16,17). The highest BCUT2D eigenvalue weighted by Crippen LogP contribution is 2.24. The van der Waals surface area contributed by atoms with Gasteiger partial charge in [-0.1, -0.05) is 18.0 Å². The molecule has 1 amide bonds. The average molecular weight is 288 g/mol. The topological polar surface area (TPSA) is 29.1 Å². The number of rotatable bonds is 3. The number of carbonyl (C=O) groups excluding carboxylic acids is 1. The Morgan fingerprint density at radius 1 is 1.50 bits per heavy atom. The third-order valence-electron chi connectivity index (χ3n) is 2.94. The number of carbonyl (C=O) groups is 1. The Labute approximate surface area is 115 Å². The summed E-state index contributed by atoms with van der Waals surface area (Å²) in [5.74, 6) is 0.223. The van der Waals surface area contributed by atoms with Crippen LogP contribution in [0.5, 0.6) is 0 Å². The zero-order valence-electron chi connectivity index (χ0n) is 9.92. The molecular weight excluding hydrogens is 273 g/mol. The molecule has 1 atom stereocenters. The first kappa shape index (κ1) is 13.7. The summed E-state index contributed by atoms with van der Waals surface area (Å²) in [7, 11) is 0. The van der Waals surface area contributed by atoms with Gasteiger partial charge >= 0.3 is 0 Å². The lowest BCUT2D eigenvalue weighted by Crippen LogP contribution is -2.32. The minimum atomic E-state index is -0.534. The maximum atomic E-state index is 13.5. The highest BCUT2D eigenvalue weighted by molar-refractivity contribution is 7.99. The van der Waals surface area contributed by atoms with Crippen molar-refractivity contribution >= 4 is 29.3 Å². The summed E-state index contributed by atoms with van der Waals surface area (Å²) in [6.45, 7) is 0.593. The third kappa shape index (κ3) is 3.62. The SMILES string of the molecule is O=C(NCC1CCCCS1)c1cc(Cl)ccc1F. The smallest absolute Gasteiger partial charge is 0.254 e. The first-order valence-electron chi connectivity index (χ1n) is 6.01. The Bertz CT molecular complexity index is 435. The van der Waals surface area contributed by atoms with E-state index in [1.165, 1.54) is 31.0 Å². The molecule has 18 heavy (non-hydrogen) atoms. The fraction of sp³-hybridized carbons (Fsp3) is 0.462. The molecule has 1 aromatic carbocycles. The van der Waals surface area contributed by atoms with Gasteiger partial charge in [0.2, 0.25) is 0 Å². The van der Waals surface area contributed by atoms with Crippen LogP contribution in [0.3, 0.4) is 0 Å². The predicted octanol–water partition coefficient (Wildman–Crippen LogP) is 3.49. The van der Waals surface area contributed by atoms with E-state index in [2.05, 4.69) is 5.32 Å². The van der Waals surface area contributed by atoms with E-state index in [0.29, 0.717) is 16.8 Å². The zero-order valence-corrected chi connectivity index (χ0v) is 11.5. The van der Waals surface area contributed by atoms with E-state index >= 15 is 0 Å². The molecule has 98 valence electrons. The van der Waals surface area contributed by atoms with Crippen molar-refractivity contribution in [2.24, 2.45) is 0 Å². The van der Waals surface area contributed by atoms with Crippen molar-refractivity contribution in [3.05, 3.63) is 34.6 Å². The van der Waals surface area contributed by atoms with E-state index in [4.69, 9.17) is 11.6 Å². The van der Waals surface area contributed by atoms with Crippen LogP contribution in [0.15, 0.2) is 18.2 Å². The first-order chi connectivity index (χ1) is 8.66. The second-order valence-electron chi connectivity index (χ2n) is 4.32. The molecule has 5 heteroatoms. The van der Waals surface area contributed by atoms with Gasteiger partial charge in [-0.25, -0.2) is 4.39 Å². The zero-order chi connectivity index (χ0) is 13.0. The Morgan fingerprint density at radius 3 is 3.06 bits per heavy atom. The van der Waals surface area contributed by atoms with Crippen molar-refractivity contribution in [3.63, 3.8) is 0 Å². The number of halogens is 2. The van der Waals surface area contributed by atoms with Crippen LogP contribution in [-0.2, 0) is 0 Å². The monoisotopic (exact) mass is 287 g/mol. The lowest BCUT2D eigenvalue weighted by Gasteiger charge is -2.21. The number of nitrogens with one attached hydrogen (secondary N) is 1. The van der Waals surface area contributed by atoms with Crippen LogP contribution in [0.4, 0.5) is 4.39 Å². The van der Waals surface area contributed by atoms with E-state index in [9.17, 15) is 9.18 Å². The molecule has 1 aromatic rings. The van der Waals surface area contributed by atoms with E-state index in [1.807, 2.05) is 11.8 Å². The third-order valence-corrected chi connectivity index (χ3v) is 4.57. The highest BCUT2D eigenvalue weighted by atomic mass is 35.5. The van der Waals surface area contributed by atoms with E-state index in [1.54, 1.807) is 0 Å². The van der Waals surface area contributed by atoms with E-state index in [0.717, 1.165) is 12.2 Å². The molecule has 0 spiro atoms. The lowest BCUT2D eigenvalue weighted by atomic mass is 10.1. The molecule has 0 aliphatic carbocycles. The maximum absolute atomic E-state index is 13.5. The number of hydrogen-bond acceptors (Lipinski definition) is 2. The normalized spacial score (nSPS) is 19.6. The summed E-state index contributed by atoms with van der Waals surface area (Å²) in [5, 5.41) is 3.60. The molecule has 1 fully saturated rings. The van der Waals surface area contributed by atoms with Gasteiger partial charge in [0.15, 0.2) is 0 Å². The Kier molecular flexibility index (Phi) is 4.89. The van der Waals surface area contributed by atoms with Crippen molar-refractivity contribution in [3.8, 4) is 0 Å². The van der Waals surface area contributed by atoms with Gasteiger partial charge in [-0.15, -0.1) is 0 Å². The van der Waals surface area contributed by atoms with Crippen molar-refractivity contribution < 1.29 is 9.18 Å². The van der Waals surface area contributed by atoms with Crippen LogP contribution in [0.2, 0.25) is 5.02 Å². The molecule has 2 rings (SSSR count). The summed E-state index contributed by atoms with van der Waals surface area (Å²) in [6.07, 6.45) is 3.57. The number of amides is 1. The lowest BCUT2D eigenvalue weighted by molar-refractivity contribution is 0.0949. The minimum absolute atomic E-state index is 0.0170. The second-order valence-corrected chi connectivity index (χ2v) is 6.17. The average Bonchev–Trinajstić information content (AvgIpc) is 2.40. The predicted molar refractivity (Wildman–Crippen MR) is 73.8 cm³/mol. The van der Waals surface area contributed by atoms with Gasteiger partial charge in [-0.05, 0) is 36.8 Å². The summed E-state index contributed by atoms with van der Waals surface area (Å²) in [5.41, 5.74) is 0.0170. The molecule has 0 radical (unpaired) electrons. The van der Waals surface area contributed by atoms with Crippen LogP contribution in [0, 0.1) is 5.82 Å². The van der Waals surface area contributed by atoms with Crippen molar-refractivity contribution in [1.82, 2.24) is 5.32 Å². The van der Waals surface area contributed by atoms with E-state index < -0.39 is 5.82 Å². The van der Waals surface area contributed by atoms with Gasteiger partial charge in [0.05, 0.1) is 5.56 Å². The van der Waals surface area contributed by atoms with Crippen molar-refractivity contribution in [2.75, 3.05) is 12.3 Å². The molecular formula is C13H15ClFNOS. The molecule has 0 bridgehead atoms. The van der Waals surface area contributed by atoms with Crippen LogP contribution >= 0.6 is 23.4 Å². The molecule has 1 aliphatic rings. The minimum Gasteiger partial charge on any atom is -0.351 e. The molecule has 0 aromatic heterocycles. The van der Waals surface area contributed by atoms with Crippen LogP contribution in [-0.4, -0.2) is 23.5 Å². The number of hydrogen-bond donors (Lipinski definition) is 1. The molecule has 1 N–H and O–H groups in total. The molecule has 1 aliphatic heterocycles. The van der Waals surface area contributed by atoms with Crippen molar-refractivity contribution in [1.29, 1.82) is 0 Å². The summed E-state index contributed by atoms with van der Waals surface area (Å²) in [6, 6.07) is 4.01. The highest BCUT2D eigenvalue weighted by Gasteiger charge is 2.17.